The summed E-state index contributed by atoms with van der Waals surface area (Å²) in [5.41, 5.74) is 0. The summed E-state index contributed by atoms with van der Waals surface area (Å²) in [5, 5.41) is 11.9. The molecular formula is C13H24N2O4. The number of carbonyl (C=O) groups is 2. The molecule has 1 saturated heterocycles. The lowest BCUT2D eigenvalue weighted by Gasteiger charge is -2.23. The van der Waals surface area contributed by atoms with Gasteiger partial charge >= 0.3 is 5.97 Å². The Labute approximate surface area is 114 Å². The highest BCUT2D eigenvalue weighted by Gasteiger charge is 2.38. The van der Waals surface area contributed by atoms with Crippen LogP contribution in [-0.4, -0.2) is 61.3 Å². The summed E-state index contributed by atoms with van der Waals surface area (Å²) in [6.07, 6.45) is 0.781. The maximum Gasteiger partial charge on any atom is 0.308 e. The third-order valence-electron chi connectivity index (χ3n) is 3.71. The summed E-state index contributed by atoms with van der Waals surface area (Å²) in [7, 11) is 1.63. The minimum atomic E-state index is -0.775. The number of carboxylic acids is 1. The van der Waals surface area contributed by atoms with Crippen LogP contribution >= 0.6 is 0 Å². The van der Waals surface area contributed by atoms with E-state index in [2.05, 4.69) is 5.32 Å². The Morgan fingerprint density at radius 1 is 1.47 bits per heavy atom. The van der Waals surface area contributed by atoms with E-state index in [4.69, 9.17) is 9.84 Å². The van der Waals surface area contributed by atoms with Crippen LogP contribution in [0.3, 0.4) is 0 Å². The molecule has 110 valence electrons. The van der Waals surface area contributed by atoms with E-state index in [0.717, 1.165) is 6.42 Å². The number of likely N-dealkylation sites (tertiary alicyclic amines) is 1. The van der Waals surface area contributed by atoms with Crippen molar-refractivity contribution < 1.29 is 19.4 Å². The van der Waals surface area contributed by atoms with E-state index in [9.17, 15) is 9.59 Å². The van der Waals surface area contributed by atoms with E-state index in [1.54, 1.807) is 7.11 Å². The molecule has 19 heavy (non-hydrogen) atoms. The van der Waals surface area contributed by atoms with E-state index in [1.165, 1.54) is 0 Å². The predicted octanol–water partition coefficient (Wildman–Crippen LogP) is 0.180. The van der Waals surface area contributed by atoms with Gasteiger partial charge in [0.25, 0.3) is 0 Å². The molecule has 0 aromatic heterocycles. The second-order valence-corrected chi connectivity index (χ2v) is 5.19. The first kappa shape index (κ1) is 15.9. The molecule has 0 spiro atoms. The Kier molecular flexibility index (Phi) is 6.24. The van der Waals surface area contributed by atoms with Crippen molar-refractivity contribution in [3.63, 3.8) is 0 Å². The van der Waals surface area contributed by atoms with E-state index >= 15 is 0 Å². The number of rotatable bonds is 7. The number of nitrogens with one attached hydrogen (secondary N) is 1. The van der Waals surface area contributed by atoms with Crippen molar-refractivity contribution in [2.45, 2.75) is 26.3 Å². The Hall–Kier alpha value is -1.14. The Bertz CT molecular complexity index is 322. The van der Waals surface area contributed by atoms with Gasteiger partial charge in [0.05, 0.1) is 12.0 Å². The zero-order chi connectivity index (χ0) is 14.4. The number of hydrogen-bond acceptors (Lipinski definition) is 4. The van der Waals surface area contributed by atoms with Crippen molar-refractivity contribution in [1.29, 1.82) is 0 Å². The van der Waals surface area contributed by atoms with Crippen LogP contribution in [0.4, 0.5) is 0 Å². The van der Waals surface area contributed by atoms with Gasteiger partial charge in [0.15, 0.2) is 0 Å². The minimum Gasteiger partial charge on any atom is -0.481 e. The summed E-state index contributed by atoms with van der Waals surface area (Å²) in [5.74, 6) is -1.11. The van der Waals surface area contributed by atoms with Crippen molar-refractivity contribution in [1.82, 2.24) is 10.2 Å². The highest BCUT2D eigenvalue weighted by atomic mass is 16.5. The molecule has 1 heterocycles. The van der Waals surface area contributed by atoms with Gasteiger partial charge in [0, 0.05) is 33.4 Å². The quantitative estimate of drug-likeness (QED) is 0.646. The lowest BCUT2D eigenvalue weighted by Crippen LogP contribution is -2.44. The first-order valence-electron chi connectivity index (χ1n) is 6.70. The molecule has 6 heteroatoms. The average molecular weight is 272 g/mol. The Morgan fingerprint density at radius 2 is 2.16 bits per heavy atom. The first-order chi connectivity index (χ1) is 8.97. The number of amides is 1. The van der Waals surface area contributed by atoms with Crippen LogP contribution in [0, 0.1) is 11.8 Å². The number of nitrogens with zero attached hydrogens (tertiary/aromatic N) is 1. The molecule has 1 aliphatic rings. The summed E-state index contributed by atoms with van der Waals surface area (Å²) in [6.45, 7) is 6.05. The van der Waals surface area contributed by atoms with E-state index in [-0.39, 0.29) is 23.8 Å². The third-order valence-corrected chi connectivity index (χ3v) is 3.71. The minimum absolute atomic E-state index is 0.0469. The Balaban J connectivity index is 2.39. The number of ether oxygens (including phenoxy) is 1. The van der Waals surface area contributed by atoms with Crippen LogP contribution in [0.5, 0.6) is 0 Å². The van der Waals surface area contributed by atoms with Gasteiger partial charge in [-0.15, -0.1) is 0 Å². The van der Waals surface area contributed by atoms with E-state index in [1.807, 2.05) is 18.7 Å². The second kappa shape index (κ2) is 7.45. The molecular weight excluding hydrogens is 248 g/mol. The van der Waals surface area contributed by atoms with Gasteiger partial charge in [0.2, 0.25) is 5.91 Å². The Morgan fingerprint density at radius 3 is 2.68 bits per heavy atom. The van der Waals surface area contributed by atoms with Gasteiger partial charge in [-0.25, -0.2) is 0 Å². The standard InChI is InChI=1S/C13H24N2O4/c1-9-7-15(8-11(9)13(17)18)10(2)12(16)14-5-4-6-19-3/h9-11H,4-8H2,1-3H3,(H,14,16)(H,17,18)/t9-,10?,11-/m1/s1. The normalized spacial score (nSPS) is 25.2. The molecule has 0 radical (unpaired) electrons. The summed E-state index contributed by atoms with van der Waals surface area (Å²) in [4.78, 5) is 24.9. The van der Waals surface area contributed by atoms with Gasteiger partial charge in [-0.05, 0) is 19.3 Å². The van der Waals surface area contributed by atoms with Gasteiger partial charge in [-0.2, -0.15) is 0 Å². The SMILES string of the molecule is COCCCNC(=O)C(C)N1C[C@@H](C)[C@H](C(=O)O)C1. The molecule has 1 rings (SSSR count). The van der Waals surface area contributed by atoms with Crippen LogP contribution in [0.1, 0.15) is 20.3 Å². The van der Waals surface area contributed by atoms with Crippen LogP contribution in [0.15, 0.2) is 0 Å². The van der Waals surface area contributed by atoms with E-state index < -0.39 is 5.97 Å². The molecule has 1 unspecified atom stereocenters. The van der Waals surface area contributed by atoms with Crippen molar-refractivity contribution in [2.24, 2.45) is 11.8 Å². The van der Waals surface area contributed by atoms with E-state index in [0.29, 0.717) is 26.2 Å². The number of methoxy groups -OCH3 is 1. The highest BCUT2D eigenvalue weighted by Crippen LogP contribution is 2.24. The van der Waals surface area contributed by atoms with Crippen LogP contribution in [-0.2, 0) is 14.3 Å². The summed E-state index contributed by atoms with van der Waals surface area (Å²) >= 11 is 0. The molecule has 0 saturated carbocycles. The monoisotopic (exact) mass is 272 g/mol. The molecule has 3 atom stereocenters. The molecule has 2 N–H and O–H groups in total. The second-order valence-electron chi connectivity index (χ2n) is 5.19. The van der Waals surface area contributed by atoms with Gasteiger partial charge < -0.3 is 15.2 Å². The van der Waals surface area contributed by atoms with Gasteiger partial charge in [-0.1, -0.05) is 6.92 Å². The number of carboxylic acid groups (broad SMARTS) is 1. The maximum atomic E-state index is 11.9. The topological polar surface area (TPSA) is 78.9 Å². The molecule has 0 bridgehead atoms. The lowest BCUT2D eigenvalue weighted by molar-refractivity contribution is -0.142. The molecule has 0 aliphatic carbocycles. The zero-order valence-electron chi connectivity index (χ0n) is 11.9. The average Bonchev–Trinajstić information content (AvgIpc) is 2.75. The molecule has 1 fully saturated rings. The van der Waals surface area contributed by atoms with Crippen molar-refractivity contribution >= 4 is 11.9 Å². The summed E-state index contributed by atoms with van der Waals surface area (Å²) in [6, 6.07) is -0.283. The number of aliphatic carboxylic acids is 1. The largest absolute Gasteiger partial charge is 0.481 e. The summed E-state index contributed by atoms with van der Waals surface area (Å²) < 4.78 is 4.91. The molecule has 0 aromatic rings. The first-order valence-corrected chi connectivity index (χ1v) is 6.70. The predicted molar refractivity (Wildman–Crippen MR) is 70.8 cm³/mol. The molecule has 6 nitrogen and oxygen atoms in total. The number of carbonyl (C=O) groups excluding carboxylic acids is 1. The van der Waals surface area contributed by atoms with Crippen LogP contribution < -0.4 is 5.32 Å². The zero-order valence-corrected chi connectivity index (χ0v) is 11.9. The van der Waals surface area contributed by atoms with Crippen molar-refractivity contribution in [3.05, 3.63) is 0 Å². The van der Waals surface area contributed by atoms with Crippen molar-refractivity contribution in [3.8, 4) is 0 Å². The fourth-order valence-corrected chi connectivity index (χ4v) is 2.38. The van der Waals surface area contributed by atoms with Gasteiger partial charge in [-0.3, -0.25) is 14.5 Å². The smallest absolute Gasteiger partial charge is 0.308 e. The fourth-order valence-electron chi connectivity index (χ4n) is 2.38. The molecule has 1 amide bonds. The lowest BCUT2D eigenvalue weighted by atomic mass is 9.99. The fraction of sp³-hybridized carbons (Fsp3) is 0.846. The third kappa shape index (κ3) is 4.47. The maximum absolute atomic E-state index is 11.9. The highest BCUT2D eigenvalue weighted by molar-refractivity contribution is 5.81. The van der Waals surface area contributed by atoms with Crippen LogP contribution in [0.25, 0.3) is 0 Å². The van der Waals surface area contributed by atoms with Crippen LogP contribution in [0.2, 0.25) is 0 Å². The molecule has 1 aliphatic heterocycles. The van der Waals surface area contributed by atoms with Crippen molar-refractivity contribution in [2.75, 3.05) is 33.4 Å². The molecule has 0 aromatic carbocycles. The van der Waals surface area contributed by atoms with Gasteiger partial charge in [0.1, 0.15) is 0 Å². The number of hydrogen-bond donors (Lipinski definition) is 2.